The number of fused-ring (bicyclic) bond motifs is 1. The maximum absolute atomic E-state index is 13.1. The lowest BCUT2D eigenvalue weighted by molar-refractivity contribution is 0.414. The van der Waals surface area contributed by atoms with E-state index >= 15 is 0 Å². The summed E-state index contributed by atoms with van der Waals surface area (Å²) in [5.41, 5.74) is 4.80. The molecule has 0 radical (unpaired) electrons. The number of methoxy groups -OCH3 is 1. The molecule has 5 aromatic rings. The van der Waals surface area contributed by atoms with Crippen LogP contribution in [0.1, 0.15) is 11.4 Å². The molecule has 0 spiro atoms. The first-order valence-corrected chi connectivity index (χ1v) is 13.0. The van der Waals surface area contributed by atoms with Gasteiger partial charge >= 0.3 is 0 Å². The van der Waals surface area contributed by atoms with E-state index in [-0.39, 0.29) is 12.0 Å². The third-order valence-electron chi connectivity index (χ3n) is 5.82. The van der Waals surface area contributed by atoms with Crippen LogP contribution in [0.25, 0.3) is 33.4 Å². The third-order valence-corrected chi connectivity index (χ3v) is 7.12. The number of nitrogens with zero attached hydrogens (tertiary/aromatic N) is 2. The van der Waals surface area contributed by atoms with Gasteiger partial charge in [-0.3, -0.25) is 4.79 Å². The van der Waals surface area contributed by atoms with Crippen molar-refractivity contribution < 1.29 is 8.95 Å². The molecule has 0 aliphatic rings. The lowest BCUT2D eigenvalue weighted by Gasteiger charge is -2.13. The molecule has 5 rings (SSSR count). The highest BCUT2D eigenvalue weighted by Gasteiger charge is 2.15. The maximum Gasteiger partial charge on any atom is 0.191 e. The molecule has 9 heteroatoms. The van der Waals surface area contributed by atoms with Crippen molar-refractivity contribution in [2.24, 2.45) is 0 Å². The summed E-state index contributed by atoms with van der Waals surface area (Å²) >= 11 is 6.25. The summed E-state index contributed by atoms with van der Waals surface area (Å²) in [4.78, 5) is 26.1. The summed E-state index contributed by atoms with van der Waals surface area (Å²) in [6.07, 6.45) is 0. The van der Waals surface area contributed by atoms with E-state index in [1.54, 1.807) is 37.4 Å². The van der Waals surface area contributed by atoms with Crippen molar-refractivity contribution in [2.75, 3.05) is 7.11 Å². The Balaban J connectivity index is 1.54. The van der Waals surface area contributed by atoms with Gasteiger partial charge in [0, 0.05) is 35.1 Å². The van der Waals surface area contributed by atoms with Crippen LogP contribution < -0.4 is 14.9 Å². The van der Waals surface area contributed by atoms with Gasteiger partial charge < -0.3 is 9.72 Å². The zero-order valence-corrected chi connectivity index (χ0v) is 21.7. The van der Waals surface area contributed by atoms with E-state index in [1.807, 2.05) is 49.4 Å². The van der Waals surface area contributed by atoms with E-state index in [0.717, 1.165) is 22.4 Å². The van der Waals surface area contributed by atoms with Crippen molar-refractivity contribution in [1.29, 1.82) is 0 Å². The van der Waals surface area contributed by atoms with Crippen LogP contribution in [0.4, 0.5) is 0 Å². The van der Waals surface area contributed by atoms with Crippen LogP contribution in [0.15, 0.2) is 88.6 Å². The van der Waals surface area contributed by atoms with Crippen LogP contribution in [0.5, 0.6) is 5.75 Å². The van der Waals surface area contributed by atoms with Crippen LogP contribution in [0, 0.1) is 6.92 Å². The number of nitrogens with one attached hydrogen (secondary N) is 2. The maximum atomic E-state index is 13.1. The molecule has 0 saturated carbocycles. The molecule has 2 N–H and O–H groups in total. The molecule has 2 aromatic carbocycles. The van der Waals surface area contributed by atoms with E-state index in [2.05, 4.69) is 14.7 Å². The molecule has 1 unspecified atom stereocenters. The molecule has 1 atom stereocenters. The molecular formula is C28H23ClN4O3S. The average Bonchev–Trinajstić information content (AvgIpc) is 2.91. The highest BCUT2D eigenvalue weighted by molar-refractivity contribution is 7.83. The minimum Gasteiger partial charge on any atom is -0.497 e. The summed E-state index contributed by atoms with van der Waals surface area (Å²) in [7, 11) is 0.109. The highest BCUT2D eigenvalue weighted by Crippen LogP contribution is 2.33. The van der Waals surface area contributed by atoms with Crippen molar-refractivity contribution >= 4 is 33.6 Å². The molecule has 0 bridgehead atoms. The van der Waals surface area contributed by atoms with Gasteiger partial charge in [-0.15, -0.1) is 0 Å². The lowest BCUT2D eigenvalue weighted by atomic mass is 9.98. The number of pyridine rings is 3. The first-order chi connectivity index (χ1) is 17.9. The zero-order chi connectivity index (χ0) is 25.9. The highest BCUT2D eigenvalue weighted by atomic mass is 35.5. The van der Waals surface area contributed by atoms with E-state index < -0.39 is 11.0 Å². The number of H-pyrrole nitrogens is 1. The van der Waals surface area contributed by atoms with Crippen molar-refractivity contribution in [2.45, 2.75) is 18.4 Å². The second-order valence-electron chi connectivity index (χ2n) is 8.39. The van der Waals surface area contributed by atoms with Gasteiger partial charge in [-0.05, 0) is 55.0 Å². The topological polar surface area (TPSA) is 97.0 Å². The molecule has 0 fully saturated rings. The van der Waals surface area contributed by atoms with Crippen LogP contribution in [-0.2, 0) is 17.5 Å². The Labute approximate surface area is 221 Å². The number of benzene rings is 2. The molecular weight excluding hydrogens is 508 g/mol. The number of aromatic nitrogens is 3. The largest absolute Gasteiger partial charge is 0.497 e. The fourth-order valence-electron chi connectivity index (χ4n) is 4.06. The molecule has 3 heterocycles. The van der Waals surface area contributed by atoms with Gasteiger partial charge in [0.25, 0.3) is 0 Å². The minimum atomic E-state index is -1.47. The zero-order valence-electron chi connectivity index (χ0n) is 20.1. The van der Waals surface area contributed by atoms with Crippen LogP contribution in [0.3, 0.4) is 0 Å². The van der Waals surface area contributed by atoms with E-state index in [9.17, 15) is 9.00 Å². The van der Waals surface area contributed by atoms with Crippen molar-refractivity contribution in [3.8, 4) is 28.1 Å². The Hall–Kier alpha value is -3.85. The minimum absolute atomic E-state index is 0.188. The smallest absolute Gasteiger partial charge is 0.191 e. The van der Waals surface area contributed by atoms with Gasteiger partial charge in [0.2, 0.25) is 0 Å². The summed E-state index contributed by atoms with van der Waals surface area (Å²) in [5, 5.41) is 0.814. The van der Waals surface area contributed by atoms with Gasteiger partial charge in [0.05, 0.1) is 23.1 Å². The van der Waals surface area contributed by atoms with E-state index in [1.165, 1.54) is 6.07 Å². The molecule has 7 nitrogen and oxygen atoms in total. The monoisotopic (exact) mass is 530 g/mol. The van der Waals surface area contributed by atoms with Crippen LogP contribution in [-0.4, -0.2) is 26.3 Å². The Bertz CT molecular complexity index is 1650. The fourth-order valence-corrected chi connectivity index (χ4v) is 5.15. The number of ether oxygens (including phenoxy) is 1. The van der Waals surface area contributed by atoms with Gasteiger partial charge in [0.1, 0.15) is 27.5 Å². The normalized spacial score (nSPS) is 12.0. The predicted molar refractivity (Wildman–Crippen MR) is 147 cm³/mol. The molecule has 0 aliphatic heterocycles. The first-order valence-electron chi connectivity index (χ1n) is 11.5. The van der Waals surface area contributed by atoms with E-state index in [0.29, 0.717) is 38.2 Å². The lowest BCUT2D eigenvalue weighted by Crippen LogP contribution is -2.19. The Morgan fingerprint density at radius 2 is 1.73 bits per heavy atom. The predicted octanol–water partition coefficient (Wildman–Crippen LogP) is 5.43. The molecule has 3 aromatic heterocycles. The SMILES string of the molecule is COc1ccc(S(=O)NCc2cc(=O)c3cc(-c4cc(C)nc(Cl)c4)c(-c4ccccc4)nc3[nH]2)cc1. The van der Waals surface area contributed by atoms with Crippen molar-refractivity contribution in [1.82, 2.24) is 19.7 Å². The van der Waals surface area contributed by atoms with Gasteiger partial charge in [-0.1, -0.05) is 41.9 Å². The molecule has 0 saturated heterocycles. The van der Waals surface area contributed by atoms with Crippen molar-refractivity contribution in [3.05, 3.63) is 106 Å². The quantitative estimate of drug-likeness (QED) is 0.273. The second kappa shape index (κ2) is 10.6. The third kappa shape index (κ3) is 5.46. The molecule has 0 aliphatic carbocycles. The molecule has 0 amide bonds. The summed E-state index contributed by atoms with van der Waals surface area (Å²) in [5.74, 6) is 0.684. The fraction of sp³-hybridized carbons (Fsp3) is 0.107. The summed E-state index contributed by atoms with van der Waals surface area (Å²) in [6, 6.07) is 23.7. The van der Waals surface area contributed by atoms with E-state index in [4.69, 9.17) is 21.3 Å². The van der Waals surface area contributed by atoms with Crippen molar-refractivity contribution in [3.63, 3.8) is 0 Å². The Kier molecular flexibility index (Phi) is 7.14. The van der Waals surface area contributed by atoms with Gasteiger partial charge in [-0.2, -0.15) is 0 Å². The Morgan fingerprint density at radius 3 is 2.43 bits per heavy atom. The van der Waals surface area contributed by atoms with Gasteiger partial charge in [-0.25, -0.2) is 18.9 Å². The second-order valence-corrected chi connectivity index (χ2v) is 10.1. The summed E-state index contributed by atoms with van der Waals surface area (Å²) in [6.45, 7) is 2.06. The van der Waals surface area contributed by atoms with Crippen LogP contribution in [0.2, 0.25) is 5.15 Å². The number of hydrogen-bond donors (Lipinski definition) is 2. The molecule has 186 valence electrons. The van der Waals surface area contributed by atoms with Crippen LogP contribution >= 0.6 is 11.6 Å². The number of halogens is 1. The first kappa shape index (κ1) is 24.8. The number of aromatic amines is 1. The van der Waals surface area contributed by atoms with Gasteiger partial charge in [0.15, 0.2) is 5.43 Å². The Morgan fingerprint density at radius 1 is 0.973 bits per heavy atom. The number of aryl methyl sites for hydroxylation is 1. The summed E-state index contributed by atoms with van der Waals surface area (Å²) < 4.78 is 20.8. The standard InChI is InChI=1S/C28H23ClN4O3S/c1-17-12-19(13-26(29)31-17)23-15-24-25(34)14-20(16-30-37(35)22-10-8-21(36-2)9-11-22)32-28(24)33-27(23)18-6-4-3-5-7-18/h3-15,30H,16H2,1-2H3,(H,32,33,34). The number of rotatable bonds is 7. The molecule has 37 heavy (non-hydrogen) atoms. The average molecular weight is 531 g/mol. The number of hydrogen-bond acceptors (Lipinski definition) is 5.